The molecular weight excluding hydrogens is 719 g/mol. The lowest BCUT2D eigenvalue weighted by Crippen LogP contribution is -2.65. The molecule has 1 aliphatic rings. The number of carboxylic acid groups (broad SMARTS) is 1. The van der Waals surface area contributed by atoms with Crippen LogP contribution in [0.4, 0.5) is 13.2 Å². The van der Waals surface area contributed by atoms with Crippen LogP contribution in [-0.4, -0.2) is 115 Å². The molecule has 0 unspecified atom stereocenters. The summed E-state index contributed by atoms with van der Waals surface area (Å²) < 4.78 is 31.7. The quantitative estimate of drug-likeness (QED) is 0.0860. The normalized spacial score (nSPS) is 15.9. The number of halogens is 3. The van der Waals surface area contributed by atoms with Crippen LogP contribution in [0.2, 0.25) is 0 Å². The number of benzene rings is 2. The zero-order valence-corrected chi connectivity index (χ0v) is 28.7. The fraction of sp³-hybridized carbons (Fsp3) is 0.438. The third-order valence-corrected chi connectivity index (χ3v) is 8.43. The second kappa shape index (κ2) is 19.1. The molecule has 0 radical (unpaired) electrons. The maximum absolute atomic E-state index is 13.3. The number of likely N-dealkylation sites (tertiary alicyclic amines) is 1. The van der Waals surface area contributed by atoms with E-state index < -0.39 is 72.0 Å². The molecule has 52 heavy (non-hydrogen) atoms. The summed E-state index contributed by atoms with van der Waals surface area (Å²) in [5, 5.41) is 52.8. The first-order chi connectivity index (χ1) is 24.2. The molecule has 20 heteroatoms. The van der Waals surface area contributed by atoms with Gasteiger partial charge in [0, 0.05) is 30.7 Å². The summed E-state index contributed by atoms with van der Waals surface area (Å²) in [6.07, 6.45) is -6.60. The van der Waals surface area contributed by atoms with Gasteiger partial charge in [-0.15, -0.1) is 0 Å². The van der Waals surface area contributed by atoms with Gasteiger partial charge in [-0.2, -0.15) is 13.2 Å². The molecule has 3 rings (SSSR count). The van der Waals surface area contributed by atoms with Gasteiger partial charge in [-0.05, 0) is 35.4 Å². The summed E-state index contributed by atoms with van der Waals surface area (Å²) in [5.41, 5.74) is 5.87. The summed E-state index contributed by atoms with van der Waals surface area (Å²) in [7, 11) is 0. The van der Waals surface area contributed by atoms with Crippen LogP contribution in [0.15, 0.2) is 48.5 Å². The van der Waals surface area contributed by atoms with Gasteiger partial charge in [0.25, 0.3) is 0 Å². The predicted octanol–water partition coefficient (Wildman–Crippen LogP) is 0.0609. The van der Waals surface area contributed by atoms with Gasteiger partial charge in [0.2, 0.25) is 28.7 Å². The number of hydrogen-bond acceptors (Lipinski definition) is 12. The molecule has 0 bridgehead atoms. The second-order valence-electron chi connectivity index (χ2n) is 12.0. The van der Waals surface area contributed by atoms with E-state index in [1.165, 1.54) is 67.3 Å². The number of nitrogens with one attached hydrogen (secondary N) is 3. The summed E-state index contributed by atoms with van der Waals surface area (Å²) >= 11 is 0.897. The number of β-lactam (4-membered cyclic amide) rings is 1. The molecule has 2 aromatic carbocycles. The monoisotopic (exact) mass is 759 g/mol. The van der Waals surface area contributed by atoms with E-state index in [-0.39, 0.29) is 48.4 Å². The van der Waals surface area contributed by atoms with Gasteiger partial charge in [0.05, 0.1) is 13.2 Å². The summed E-state index contributed by atoms with van der Waals surface area (Å²) in [6.45, 7) is 2.78. The molecule has 0 saturated carbocycles. The Balaban J connectivity index is 0.00000121. The van der Waals surface area contributed by atoms with Gasteiger partial charge in [-0.25, -0.2) is 4.79 Å². The molecule has 1 heterocycles. The molecule has 286 valence electrons. The van der Waals surface area contributed by atoms with Crippen molar-refractivity contribution in [3.05, 3.63) is 59.7 Å². The van der Waals surface area contributed by atoms with Crippen molar-refractivity contribution in [2.45, 2.75) is 50.7 Å². The number of aromatic hydroxyl groups is 2. The minimum Gasteiger partial charge on any atom is -0.508 e. The number of phenolic OH excluding ortho intramolecular Hbond substituents is 2. The van der Waals surface area contributed by atoms with Crippen LogP contribution in [0.5, 0.6) is 11.5 Å². The van der Waals surface area contributed by atoms with E-state index >= 15 is 0 Å². The average molecular weight is 760 g/mol. The van der Waals surface area contributed by atoms with Crippen LogP contribution >= 0.6 is 11.8 Å². The number of rotatable bonds is 15. The van der Waals surface area contributed by atoms with Gasteiger partial charge >= 0.3 is 12.1 Å². The van der Waals surface area contributed by atoms with Crippen LogP contribution in [0, 0.1) is 5.41 Å². The van der Waals surface area contributed by atoms with E-state index in [4.69, 9.17) is 15.6 Å². The Morgan fingerprint density at radius 1 is 0.923 bits per heavy atom. The second-order valence-corrected chi connectivity index (χ2v) is 13.1. The van der Waals surface area contributed by atoms with E-state index in [1.807, 2.05) is 0 Å². The van der Waals surface area contributed by atoms with Crippen molar-refractivity contribution in [1.29, 1.82) is 0 Å². The van der Waals surface area contributed by atoms with Crippen LogP contribution in [0.1, 0.15) is 43.5 Å². The molecule has 4 amide bonds. The predicted molar refractivity (Wildman–Crippen MR) is 178 cm³/mol. The number of thioether (sulfide) groups is 1. The number of aliphatic hydroxyl groups excluding tert-OH is 2. The highest BCUT2D eigenvalue weighted by Gasteiger charge is 2.45. The molecule has 1 fully saturated rings. The lowest BCUT2D eigenvalue weighted by Gasteiger charge is -2.43. The fourth-order valence-corrected chi connectivity index (χ4v) is 5.16. The number of hydrogen-bond donors (Lipinski definition) is 9. The number of nitrogens with two attached hydrogens (primary N) is 1. The largest absolute Gasteiger partial charge is 0.508 e. The molecule has 2 aromatic rings. The number of carboxylic acids is 1. The van der Waals surface area contributed by atoms with Crippen molar-refractivity contribution in [3.63, 3.8) is 0 Å². The van der Waals surface area contributed by atoms with Crippen molar-refractivity contribution in [1.82, 2.24) is 20.9 Å². The van der Waals surface area contributed by atoms with Crippen LogP contribution in [0.3, 0.4) is 0 Å². The Morgan fingerprint density at radius 3 is 1.92 bits per heavy atom. The molecule has 10 N–H and O–H groups in total. The fourth-order valence-electron chi connectivity index (χ4n) is 4.33. The zero-order valence-electron chi connectivity index (χ0n) is 27.9. The topological polar surface area (TPSA) is 269 Å². The first-order valence-electron chi connectivity index (χ1n) is 15.4. The van der Waals surface area contributed by atoms with Crippen LogP contribution < -0.4 is 21.7 Å². The molecule has 0 aromatic heterocycles. The highest BCUT2D eigenvalue weighted by atomic mass is 32.2. The SMILES string of the molecule is CC(C)(CO)[C@@H](O)C(=O)NCCC(=O)NCCSC(=O)[C@@H](c1ccc(O)cc1)N1C[C@H](NC(=O)[C@H](N)c2ccc(O)cc2)C1=O.O=C(O)C(F)(F)F. The third kappa shape index (κ3) is 12.7. The maximum atomic E-state index is 13.3. The number of carbonyl (C=O) groups excluding carboxylic acids is 5. The first kappa shape index (κ1) is 43.2. The molecule has 1 aliphatic heterocycles. The number of aliphatic hydroxyl groups is 2. The molecule has 0 aliphatic carbocycles. The number of phenols is 2. The number of amides is 4. The lowest BCUT2D eigenvalue weighted by atomic mass is 9.87. The van der Waals surface area contributed by atoms with Gasteiger partial charge in [0.1, 0.15) is 35.7 Å². The van der Waals surface area contributed by atoms with Crippen molar-refractivity contribution >= 4 is 46.5 Å². The third-order valence-electron chi connectivity index (χ3n) is 7.51. The van der Waals surface area contributed by atoms with E-state index in [0.717, 1.165) is 11.8 Å². The molecular formula is C32H40F3N5O11S. The number of aliphatic carboxylic acids is 1. The average Bonchev–Trinajstić information content (AvgIpc) is 3.09. The minimum atomic E-state index is -5.08. The van der Waals surface area contributed by atoms with Crippen molar-refractivity contribution in [2.24, 2.45) is 11.1 Å². The van der Waals surface area contributed by atoms with Crippen LogP contribution in [0.25, 0.3) is 0 Å². The van der Waals surface area contributed by atoms with Crippen LogP contribution in [-0.2, 0) is 28.8 Å². The van der Waals surface area contributed by atoms with Crippen molar-refractivity contribution < 1.29 is 67.5 Å². The highest BCUT2D eigenvalue weighted by Crippen LogP contribution is 2.32. The Bertz CT molecular complexity index is 1580. The lowest BCUT2D eigenvalue weighted by molar-refractivity contribution is -0.192. The molecule has 0 spiro atoms. The maximum Gasteiger partial charge on any atom is 0.490 e. The molecule has 4 atom stereocenters. The van der Waals surface area contributed by atoms with Crippen molar-refractivity contribution in [3.8, 4) is 11.5 Å². The Hall–Kier alpha value is -4.92. The standard InChI is InChI=1S/C30H39N5O9S.C2HF3O2/c1-30(2,16-36)25(40)27(42)33-12-11-22(39)32-13-14-45-29(44)24(18-5-9-20(38)10-6-18)35-15-21(28(35)43)34-26(41)23(31)17-3-7-19(37)8-4-17;3-2(4,5)1(6)7/h3-10,21,23-25,36-38,40H,11-16,31H2,1-2H3,(H,32,39)(H,33,42)(H,34,41);(H,6,7)/t21-,23+,24+,25-;/m0./s1. The summed E-state index contributed by atoms with van der Waals surface area (Å²) in [5.74, 6) is -4.76. The Labute approximate surface area is 299 Å². The van der Waals surface area contributed by atoms with Crippen molar-refractivity contribution in [2.75, 3.05) is 32.0 Å². The Kier molecular flexibility index (Phi) is 15.9. The minimum absolute atomic E-state index is 0.0170. The first-order valence-corrected chi connectivity index (χ1v) is 16.4. The Morgan fingerprint density at radius 2 is 1.44 bits per heavy atom. The van der Waals surface area contributed by atoms with E-state index in [9.17, 15) is 57.6 Å². The molecule has 1 saturated heterocycles. The highest BCUT2D eigenvalue weighted by molar-refractivity contribution is 8.13. The molecule has 16 nitrogen and oxygen atoms in total. The van der Waals surface area contributed by atoms with Gasteiger partial charge < -0.3 is 52.1 Å². The van der Waals surface area contributed by atoms with Gasteiger partial charge in [-0.1, -0.05) is 49.9 Å². The summed E-state index contributed by atoms with van der Waals surface area (Å²) in [6, 6.07) is 8.63. The van der Waals surface area contributed by atoms with Gasteiger partial charge in [-0.3, -0.25) is 24.0 Å². The zero-order chi connectivity index (χ0) is 39.4. The van der Waals surface area contributed by atoms with E-state index in [0.29, 0.717) is 11.1 Å². The van der Waals surface area contributed by atoms with Gasteiger partial charge in [0.15, 0.2) is 0 Å². The smallest absolute Gasteiger partial charge is 0.490 e. The summed E-state index contributed by atoms with van der Waals surface area (Å²) in [4.78, 5) is 73.4. The van der Waals surface area contributed by atoms with E-state index in [1.54, 1.807) is 0 Å². The number of nitrogens with zero attached hydrogens (tertiary/aromatic N) is 1. The number of carbonyl (C=O) groups is 6. The van der Waals surface area contributed by atoms with E-state index in [2.05, 4.69) is 16.0 Å². The number of alkyl halides is 3.